The van der Waals surface area contributed by atoms with E-state index in [1.165, 1.54) is 6.92 Å². The number of ether oxygens (including phenoxy) is 6. The number of aliphatic carboxylic acids is 1. The number of amides is 2. The molecule has 1 aliphatic rings. The van der Waals surface area contributed by atoms with E-state index in [0.717, 1.165) is 24.8 Å². The Labute approximate surface area is 299 Å². The number of carbonyl (C=O) groups is 4. The molecule has 1 aromatic carbocycles. The number of carboxylic acid groups (broad SMARTS) is 1. The minimum Gasteiger partial charge on any atom is -0.479 e. The fourth-order valence-corrected chi connectivity index (χ4v) is 4.87. The fraction of sp³-hybridized carbons (Fsp3) is 0.688. The molecule has 0 bridgehead atoms. The normalized spacial score (nSPS) is 20.4. The molecule has 5 atom stereocenters. The molecule has 0 spiro atoms. The van der Waals surface area contributed by atoms with Crippen molar-refractivity contribution in [1.29, 1.82) is 0 Å². The zero-order valence-corrected chi connectivity index (χ0v) is 29.8. The third kappa shape index (κ3) is 17.2. The van der Waals surface area contributed by atoms with Crippen molar-refractivity contribution in [1.82, 2.24) is 10.6 Å². The first-order valence-electron chi connectivity index (χ1n) is 16.2. The molecular weight excluding hydrogens is 763 g/mol. The molecule has 0 aromatic heterocycles. The highest BCUT2D eigenvalue weighted by atomic mass is 127. The summed E-state index contributed by atoms with van der Waals surface area (Å²) < 4.78 is 33.0. The van der Waals surface area contributed by atoms with Crippen molar-refractivity contribution in [3.05, 3.63) is 29.3 Å². The predicted molar refractivity (Wildman–Crippen MR) is 181 cm³/mol. The summed E-state index contributed by atoms with van der Waals surface area (Å²) in [5.41, 5.74) is 1.30. The van der Waals surface area contributed by atoms with Gasteiger partial charge in [-0.3, -0.25) is 14.4 Å². The Balaban J connectivity index is 1.58. The fourth-order valence-electron chi connectivity index (χ4n) is 4.60. The van der Waals surface area contributed by atoms with Gasteiger partial charge in [0.05, 0.1) is 37.5 Å². The van der Waals surface area contributed by atoms with E-state index in [1.807, 2.05) is 22.6 Å². The van der Waals surface area contributed by atoms with Crippen LogP contribution in [0.2, 0.25) is 0 Å². The summed E-state index contributed by atoms with van der Waals surface area (Å²) in [6, 6.07) is 5.04. The van der Waals surface area contributed by atoms with Crippen molar-refractivity contribution in [2.24, 2.45) is 0 Å². The van der Waals surface area contributed by atoms with E-state index >= 15 is 0 Å². The second kappa shape index (κ2) is 24.5. The molecule has 0 saturated carbocycles. The number of carboxylic acids is 1. The summed E-state index contributed by atoms with van der Waals surface area (Å²) in [7, 11) is 0. The third-order valence-corrected chi connectivity index (χ3v) is 7.90. The van der Waals surface area contributed by atoms with Crippen LogP contribution in [0.25, 0.3) is 0 Å². The minimum absolute atomic E-state index is 0.0201. The Morgan fingerprint density at radius 2 is 1.49 bits per heavy atom. The molecule has 1 aromatic rings. The SMILES string of the molecule is CC(=O)OCc1cc(CCCOCCOCCOCCNC(=O)CCCCCNC(=O)CI)ccc1O[C@@H]1O[C@H](C(=O)O)[C@@H](O)[C@H](O)[C@H]1O. The lowest BCUT2D eigenvalue weighted by Crippen LogP contribution is -2.61. The molecule has 17 heteroatoms. The molecule has 16 nitrogen and oxygen atoms in total. The van der Waals surface area contributed by atoms with Gasteiger partial charge in [0.2, 0.25) is 18.1 Å². The Morgan fingerprint density at radius 3 is 2.16 bits per heavy atom. The van der Waals surface area contributed by atoms with Gasteiger partial charge in [-0.05, 0) is 43.4 Å². The molecule has 6 N–H and O–H groups in total. The van der Waals surface area contributed by atoms with Crippen molar-refractivity contribution in [2.75, 3.05) is 57.2 Å². The van der Waals surface area contributed by atoms with Gasteiger partial charge in [-0.15, -0.1) is 0 Å². The maximum Gasteiger partial charge on any atom is 0.335 e. The van der Waals surface area contributed by atoms with E-state index in [4.69, 9.17) is 28.4 Å². The van der Waals surface area contributed by atoms with Crippen LogP contribution in [0.3, 0.4) is 0 Å². The van der Waals surface area contributed by atoms with E-state index in [2.05, 4.69) is 10.6 Å². The highest BCUT2D eigenvalue weighted by molar-refractivity contribution is 14.1. The third-order valence-electron chi connectivity index (χ3n) is 7.20. The number of esters is 1. The lowest BCUT2D eigenvalue weighted by molar-refractivity contribution is -0.271. The Hall–Kier alpha value is -2.65. The maximum atomic E-state index is 11.9. The number of nitrogens with one attached hydrogen (secondary N) is 2. The molecule has 1 aliphatic heterocycles. The summed E-state index contributed by atoms with van der Waals surface area (Å²) >= 11 is 2.01. The number of carbonyl (C=O) groups excluding carboxylic acids is 3. The molecule has 0 radical (unpaired) electrons. The molecular formula is C32H49IN2O14. The number of rotatable bonds is 25. The summed E-state index contributed by atoms with van der Waals surface area (Å²) in [5, 5.41) is 45.2. The van der Waals surface area contributed by atoms with Gasteiger partial charge in [0.1, 0.15) is 30.7 Å². The van der Waals surface area contributed by atoms with Crippen molar-refractivity contribution >= 4 is 46.3 Å². The Morgan fingerprint density at radius 1 is 0.816 bits per heavy atom. The number of alkyl halides is 1. The van der Waals surface area contributed by atoms with Crippen molar-refractivity contribution in [3.8, 4) is 5.75 Å². The minimum atomic E-state index is -1.85. The number of benzene rings is 1. The molecule has 0 unspecified atom stereocenters. The second-order valence-corrected chi connectivity index (χ2v) is 11.9. The smallest absolute Gasteiger partial charge is 0.335 e. The molecule has 0 aliphatic carbocycles. The van der Waals surface area contributed by atoms with Crippen molar-refractivity contribution < 1.29 is 68.0 Å². The molecule has 278 valence electrons. The number of aliphatic hydroxyl groups is 3. The summed E-state index contributed by atoms with van der Waals surface area (Å²) in [5.74, 6) is -1.92. The van der Waals surface area contributed by atoms with Gasteiger partial charge in [0.15, 0.2) is 6.10 Å². The van der Waals surface area contributed by atoms with Crippen LogP contribution in [-0.2, 0) is 55.9 Å². The van der Waals surface area contributed by atoms with Crippen LogP contribution in [0.15, 0.2) is 18.2 Å². The van der Waals surface area contributed by atoms with Gasteiger partial charge in [-0.1, -0.05) is 35.1 Å². The van der Waals surface area contributed by atoms with Crippen molar-refractivity contribution in [2.45, 2.75) is 82.8 Å². The van der Waals surface area contributed by atoms with Gasteiger partial charge < -0.3 is 59.5 Å². The number of hydrogen-bond acceptors (Lipinski definition) is 13. The van der Waals surface area contributed by atoms with E-state index < -0.39 is 42.6 Å². The average molecular weight is 813 g/mol. The van der Waals surface area contributed by atoms with Crippen LogP contribution in [0.1, 0.15) is 50.2 Å². The molecule has 1 heterocycles. The Bertz CT molecular complexity index is 1160. The summed E-state index contributed by atoms with van der Waals surface area (Å²) in [6.45, 7) is 4.57. The summed E-state index contributed by atoms with van der Waals surface area (Å²) in [4.78, 5) is 45.8. The number of aryl methyl sites for hydroxylation is 1. The van der Waals surface area contributed by atoms with Gasteiger partial charge in [0.25, 0.3) is 0 Å². The lowest BCUT2D eigenvalue weighted by atomic mass is 9.99. The number of aliphatic hydroxyl groups excluding tert-OH is 3. The first kappa shape index (κ1) is 42.5. The first-order chi connectivity index (χ1) is 23.5. The Kier molecular flexibility index (Phi) is 21.3. The van der Waals surface area contributed by atoms with E-state index in [1.54, 1.807) is 18.2 Å². The van der Waals surface area contributed by atoms with E-state index in [9.17, 15) is 39.6 Å². The average Bonchev–Trinajstić information content (AvgIpc) is 3.07. The highest BCUT2D eigenvalue weighted by Gasteiger charge is 2.48. The van der Waals surface area contributed by atoms with Gasteiger partial charge in [-0.25, -0.2) is 4.79 Å². The topological polar surface area (TPSA) is 229 Å². The number of unbranched alkanes of at least 4 members (excludes halogenated alkanes) is 2. The zero-order chi connectivity index (χ0) is 36.0. The predicted octanol–water partition coefficient (Wildman–Crippen LogP) is 0.231. The van der Waals surface area contributed by atoms with Crippen LogP contribution in [0.4, 0.5) is 0 Å². The number of hydrogen-bond donors (Lipinski definition) is 6. The quantitative estimate of drug-likeness (QED) is 0.0337. The van der Waals surface area contributed by atoms with Crippen LogP contribution in [-0.4, -0.2) is 132 Å². The van der Waals surface area contributed by atoms with Gasteiger partial charge in [-0.2, -0.15) is 0 Å². The first-order valence-corrected chi connectivity index (χ1v) is 17.7. The largest absolute Gasteiger partial charge is 0.479 e. The van der Waals surface area contributed by atoms with E-state index in [0.29, 0.717) is 82.0 Å². The van der Waals surface area contributed by atoms with Crippen LogP contribution >= 0.6 is 22.6 Å². The van der Waals surface area contributed by atoms with Gasteiger partial charge in [0, 0.05) is 38.6 Å². The maximum absolute atomic E-state index is 11.9. The zero-order valence-electron chi connectivity index (χ0n) is 27.7. The standard InChI is InChI=1S/C32H49IN2O14/c1-21(36)47-20-23-18-22(8-9-24(23)48-32-29(41)27(39)28(40)30(49-32)31(42)43)6-5-12-44-14-16-46-17-15-45-13-11-35-25(37)7-3-2-4-10-34-26(38)19-33/h8-9,18,27-30,32,39-41H,2-7,10-17,19-20H2,1H3,(H,34,38)(H,35,37)(H,42,43)/t27-,28-,29+,30-,32+/m0/s1. The molecule has 1 saturated heterocycles. The van der Waals surface area contributed by atoms with E-state index in [-0.39, 0.29) is 24.2 Å². The number of halogens is 1. The monoisotopic (exact) mass is 812 g/mol. The van der Waals surface area contributed by atoms with Crippen LogP contribution in [0, 0.1) is 0 Å². The molecule has 1 fully saturated rings. The lowest BCUT2D eigenvalue weighted by Gasteiger charge is -2.38. The van der Waals surface area contributed by atoms with Crippen molar-refractivity contribution in [3.63, 3.8) is 0 Å². The molecule has 49 heavy (non-hydrogen) atoms. The second-order valence-electron chi connectivity index (χ2n) is 11.2. The van der Waals surface area contributed by atoms with Gasteiger partial charge >= 0.3 is 11.9 Å². The molecule has 2 amide bonds. The highest BCUT2D eigenvalue weighted by Crippen LogP contribution is 2.28. The molecule has 2 rings (SSSR count). The summed E-state index contributed by atoms with van der Waals surface area (Å²) in [6.07, 6.45) is -4.59. The van der Waals surface area contributed by atoms with Crippen LogP contribution < -0.4 is 15.4 Å². The van der Waals surface area contributed by atoms with Crippen LogP contribution in [0.5, 0.6) is 5.75 Å².